The lowest BCUT2D eigenvalue weighted by Gasteiger charge is -2.12. The molecule has 0 spiro atoms. The molecule has 1 aromatic rings. The van der Waals surface area contributed by atoms with Crippen molar-refractivity contribution in [2.24, 2.45) is 5.92 Å². The van der Waals surface area contributed by atoms with E-state index in [1.54, 1.807) is 6.07 Å². The van der Waals surface area contributed by atoms with E-state index in [1.165, 1.54) is 12.8 Å². The molecule has 1 fully saturated rings. The minimum Gasteiger partial charge on any atom is -0.370 e. The highest BCUT2D eigenvalue weighted by Crippen LogP contribution is 2.32. The topological polar surface area (TPSA) is 54.0 Å². The predicted molar refractivity (Wildman–Crippen MR) is 68.1 cm³/mol. The molecule has 0 bridgehead atoms. The molecular formula is C13H19N3O. The molecule has 1 unspecified atom stereocenters. The van der Waals surface area contributed by atoms with Crippen LogP contribution >= 0.6 is 0 Å². The number of aromatic nitrogens is 1. The van der Waals surface area contributed by atoms with Gasteiger partial charge >= 0.3 is 0 Å². The monoisotopic (exact) mass is 233 g/mol. The number of rotatable bonds is 5. The van der Waals surface area contributed by atoms with Crippen LogP contribution < -0.4 is 10.6 Å². The largest absolute Gasteiger partial charge is 0.370 e. The van der Waals surface area contributed by atoms with Crippen molar-refractivity contribution in [3.05, 3.63) is 23.9 Å². The normalized spacial score (nSPS) is 16.4. The maximum atomic E-state index is 11.9. The van der Waals surface area contributed by atoms with Crippen LogP contribution in [0.2, 0.25) is 0 Å². The number of carbonyl (C=O) groups is 1. The summed E-state index contributed by atoms with van der Waals surface area (Å²) < 4.78 is 0. The average molecular weight is 233 g/mol. The van der Waals surface area contributed by atoms with Gasteiger partial charge in [0.2, 0.25) is 0 Å². The van der Waals surface area contributed by atoms with Crippen molar-refractivity contribution in [2.75, 3.05) is 11.9 Å². The molecule has 1 atom stereocenters. The van der Waals surface area contributed by atoms with E-state index in [0.717, 1.165) is 12.4 Å². The maximum absolute atomic E-state index is 11.9. The summed E-state index contributed by atoms with van der Waals surface area (Å²) in [5.41, 5.74) is 0.482. The fraction of sp³-hybridized carbons (Fsp3) is 0.538. The summed E-state index contributed by atoms with van der Waals surface area (Å²) in [7, 11) is 0. The zero-order valence-corrected chi connectivity index (χ0v) is 10.4. The van der Waals surface area contributed by atoms with Crippen molar-refractivity contribution in [3.8, 4) is 0 Å². The Morgan fingerprint density at radius 1 is 1.53 bits per heavy atom. The number of carbonyl (C=O) groups excluding carboxylic acids is 1. The van der Waals surface area contributed by atoms with E-state index in [0.29, 0.717) is 11.6 Å². The van der Waals surface area contributed by atoms with Crippen LogP contribution in [0.15, 0.2) is 18.2 Å². The third-order valence-corrected chi connectivity index (χ3v) is 3.03. The van der Waals surface area contributed by atoms with E-state index in [2.05, 4.69) is 22.5 Å². The van der Waals surface area contributed by atoms with Gasteiger partial charge in [0.25, 0.3) is 5.91 Å². The van der Waals surface area contributed by atoms with E-state index in [9.17, 15) is 4.79 Å². The number of amides is 1. The molecule has 2 N–H and O–H groups in total. The average Bonchev–Trinajstić information content (AvgIpc) is 3.13. The maximum Gasteiger partial charge on any atom is 0.270 e. The van der Waals surface area contributed by atoms with Crippen LogP contribution in [0.3, 0.4) is 0 Å². The Kier molecular flexibility index (Phi) is 3.61. The second kappa shape index (κ2) is 5.17. The zero-order valence-electron chi connectivity index (χ0n) is 10.4. The first kappa shape index (κ1) is 11.9. The first-order valence-electron chi connectivity index (χ1n) is 6.22. The molecule has 92 valence electrons. The van der Waals surface area contributed by atoms with Gasteiger partial charge in [-0.1, -0.05) is 6.07 Å². The Bertz CT molecular complexity index is 401. The van der Waals surface area contributed by atoms with Crippen LogP contribution in [0.5, 0.6) is 0 Å². The lowest BCUT2D eigenvalue weighted by atomic mass is 10.2. The van der Waals surface area contributed by atoms with Gasteiger partial charge < -0.3 is 10.6 Å². The molecule has 17 heavy (non-hydrogen) atoms. The van der Waals surface area contributed by atoms with Crippen molar-refractivity contribution in [1.29, 1.82) is 0 Å². The van der Waals surface area contributed by atoms with E-state index in [-0.39, 0.29) is 11.9 Å². The highest BCUT2D eigenvalue weighted by Gasteiger charge is 2.29. The number of anilines is 1. The molecule has 0 saturated heterocycles. The van der Waals surface area contributed by atoms with Gasteiger partial charge in [-0.25, -0.2) is 4.98 Å². The minimum absolute atomic E-state index is 0.0795. The second-order valence-electron chi connectivity index (χ2n) is 4.54. The van der Waals surface area contributed by atoms with Crippen molar-refractivity contribution in [1.82, 2.24) is 10.3 Å². The van der Waals surface area contributed by atoms with Crippen molar-refractivity contribution in [3.63, 3.8) is 0 Å². The SMILES string of the molecule is CCNc1cccc(C(=O)NC(C)C2CC2)n1. The molecule has 0 aromatic carbocycles. The smallest absolute Gasteiger partial charge is 0.270 e. The van der Waals surface area contributed by atoms with Gasteiger partial charge in [-0.3, -0.25) is 4.79 Å². The highest BCUT2D eigenvalue weighted by atomic mass is 16.1. The Morgan fingerprint density at radius 3 is 2.94 bits per heavy atom. The summed E-state index contributed by atoms with van der Waals surface area (Å²) in [6.07, 6.45) is 2.46. The summed E-state index contributed by atoms with van der Waals surface area (Å²) in [6, 6.07) is 5.72. The Labute approximate surface area is 102 Å². The molecule has 4 nitrogen and oxygen atoms in total. The third kappa shape index (κ3) is 3.19. The quantitative estimate of drug-likeness (QED) is 0.818. The van der Waals surface area contributed by atoms with Gasteiger partial charge in [-0.05, 0) is 44.7 Å². The molecular weight excluding hydrogens is 214 g/mol. The number of nitrogens with one attached hydrogen (secondary N) is 2. The van der Waals surface area contributed by atoms with Crippen molar-refractivity contribution in [2.45, 2.75) is 32.7 Å². The van der Waals surface area contributed by atoms with E-state index in [4.69, 9.17) is 0 Å². The van der Waals surface area contributed by atoms with Crippen LogP contribution in [0.25, 0.3) is 0 Å². The summed E-state index contributed by atoms with van der Waals surface area (Å²) >= 11 is 0. The molecule has 1 aromatic heterocycles. The molecule has 1 heterocycles. The number of hydrogen-bond donors (Lipinski definition) is 2. The number of nitrogens with zero attached hydrogens (tertiary/aromatic N) is 1. The van der Waals surface area contributed by atoms with Gasteiger partial charge in [0, 0.05) is 12.6 Å². The highest BCUT2D eigenvalue weighted by molar-refractivity contribution is 5.92. The summed E-state index contributed by atoms with van der Waals surface area (Å²) in [5, 5.41) is 6.10. The molecule has 1 saturated carbocycles. The predicted octanol–water partition coefficient (Wildman–Crippen LogP) is 2.04. The minimum atomic E-state index is -0.0795. The Morgan fingerprint density at radius 2 is 2.29 bits per heavy atom. The number of hydrogen-bond acceptors (Lipinski definition) is 3. The summed E-state index contributed by atoms with van der Waals surface area (Å²) in [6.45, 7) is 4.86. The molecule has 0 aliphatic heterocycles. The molecule has 1 aliphatic carbocycles. The number of pyridine rings is 1. The van der Waals surface area contributed by atoms with Gasteiger partial charge in [-0.2, -0.15) is 0 Å². The lowest BCUT2D eigenvalue weighted by molar-refractivity contribution is 0.0931. The van der Waals surface area contributed by atoms with Crippen LogP contribution in [0, 0.1) is 5.92 Å². The van der Waals surface area contributed by atoms with Crippen LogP contribution in [0.4, 0.5) is 5.82 Å². The van der Waals surface area contributed by atoms with E-state index in [1.807, 2.05) is 19.1 Å². The van der Waals surface area contributed by atoms with Gasteiger partial charge in [0.05, 0.1) is 0 Å². The Balaban J connectivity index is 1.99. The Hall–Kier alpha value is -1.58. The van der Waals surface area contributed by atoms with E-state index >= 15 is 0 Å². The van der Waals surface area contributed by atoms with Gasteiger partial charge in [0.15, 0.2) is 0 Å². The van der Waals surface area contributed by atoms with E-state index < -0.39 is 0 Å². The first-order valence-corrected chi connectivity index (χ1v) is 6.22. The summed E-state index contributed by atoms with van der Waals surface area (Å²) in [5.74, 6) is 1.33. The van der Waals surface area contributed by atoms with Crippen molar-refractivity contribution >= 4 is 11.7 Å². The standard InChI is InChI=1S/C13H19N3O/c1-3-14-12-6-4-5-11(16-12)13(17)15-9(2)10-7-8-10/h4-6,9-10H,3,7-8H2,1-2H3,(H,14,16)(H,15,17). The molecule has 2 rings (SSSR count). The first-order chi connectivity index (χ1) is 8.20. The molecule has 0 radical (unpaired) electrons. The zero-order chi connectivity index (χ0) is 12.3. The van der Waals surface area contributed by atoms with Crippen LogP contribution in [0.1, 0.15) is 37.2 Å². The van der Waals surface area contributed by atoms with Gasteiger partial charge in [-0.15, -0.1) is 0 Å². The van der Waals surface area contributed by atoms with Crippen LogP contribution in [-0.4, -0.2) is 23.5 Å². The van der Waals surface area contributed by atoms with Crippen molar-refractivity contribution < 1.29 is 4.79 Å². The van der Waals surface area contributed by atoms with Gasteiger partial charge in [0.1, 0.15) is 11.5 Å². The fourth-order valence-electron chi connectivity index (χ4n) is 1.84. The molecule has 1 amide bonds. The van der Waals surface area contributed by atoms with Crippen LogP contribution in [-0.2, 0) is 0 Å². The molecule has 1 aliphatic rings. The summed E-state index contributed by atoms with van der Waals surface area (Å²) in [4.78, 5) is 16.2. The fourth-order valence-corrected chi connectivity index (χ4v) is 1.84. The second-order valence-corrected chi connectivity index (χ2v) is 4.54. The lowest BCUT2D eigenvalue weighted by Crippen LogP contribution is -2.34. The third-order valence-electron chi connectivity index (χ3n) is 3.03. The molecule has 4 heteroatoms.